The van der Waals surface area contributed by atoms with Gasteiger partial charge in [-0.3, -0.25) is 4.79 Å². The van der Waals surface area contributed by atoms with Gasteiger partial charge in [-0.25, -0.2) is 4.39 Å². The molecule has 1 rings (SSSR count). The Morgan fingerprint density at radius 3 is 2.50 bits per heavy atom. The topological polar surface area (TPSA) is 32.3 Å². The van der Waals surface area contributed by atoms with E-state index in [1.807, 2.05) is 6.07 Å². The number of likely N-dealkylation sites (N-methyl/N-ethyl adjacent to an activating group) is 1. The maximum absolute atomic E-state index is 13.5. The maximum atomic E-state index is 13.5. The summed E-state index contributed by atoms with van der Waals surface area (Å²) in [5.74, 6) is 0.279. The van der Waals surface area contributed by atoms with Crippen LogP contribution in [-0.2, 0) is 11.3 Å². The molecule has 0 saturated heterocycles. The first-order valence-electron chi connectivity index (χ1n) is 7.00. The van der Waals surface area contributed by atoms with Crippen LogP contribution in [0.2, 0.25) is 0 Å². The van der Waals surface area contributed by atoms with Crippen molar-refractivity contribution in [3.63, 3.8) is 0 Å². The van der Waals surface area contributed by atoms with Crippen molar-refractivity contribution in [1.29, 1.82) is 0 Å². The summed E-state index contributed by atoms with van der Waals surface area (Å²) in [7, 11) is 3.51. The van der Waals surface area contributed by atoms with Crippen molar-refractivity contribution in [3.8, 4) is 0 Å². The minimum absolute atomic E-state index is 0.0614. The fraction of sp³-hybridized carbons (Fsp3) is 0.562. The molecule has 0 saturated carbocycles. The Kier molecular flexibility index (Phi) is 6.14. The lowest BCUT2D eigenvalue weighted by molar-refractivity contribution is -0.131. The van der Waals surface area contributed by atoms with Crippen LogP contribution in [-0.4, -0.2) is 30.9 Å². The second kappa shape index (κ2) is 7.39. The number of hydrogen-bond acceptors (Lipinski definition) is 2. The normalized spacial score (nSPS) is 12.6. The molecule has 0 aliphatic carbocycles. The Bertz CT molecular complexity index is 458. The van der Waals surface area contributed by atoms with Crippen molar-refractivity contribution in [2.24, 2.45) is 5.92 Å². The van der Waals surface area contributed by atoms with Crippen molar-refractivity contribution in [3.05, 3.63) is 35.1 Å². The van der Waals surface area contributed by atoms with Crippen molar-refractivity contribution < 1.29 is 9.18 Å². The third kappa shape index (κ3) is 4.93. The van der Waals surface area contributed by atoms with Crippen LogP contribution in [0, 0.1) is 18.7 Å². The van der Waals surface area contributed by atoms with Crippen LogP contribution in [0.15, 0.2) is 18.2 Å². The van der Waals surface area contributed by atoms with E-state index in [0.717, 1.165) is 12.0 Å². The smallest absolute Gasteiger partial charge is 0.239 e. The van der Waals surface area contributed by atoms with Crippen LogP contribution in [0.4, 0.5) is 4.39 Å². The van der Waals surface area contributed by atoms with E-state index < -0.39 is 0 Å². The van der Waals surface area contributed by atoms with E-state index in [9.17, 15) is 9.18 Å². The molecule has 1 aromatic rings. The van der Waals surface area contributed by atoms with Crippen LogP contribution in [0.25, 0.3) is 0 Å². The van der Waals surface area contributed by atoms with E-state index in [1.54, 1.807) is 32.0 Å². The predicted octanol–water partition coefficient (Wildman–Crippen LogP) is 2.73. The van der Waals surface area contributed by atoms with Gasteiger partial charge in [-0.05, 0) is 36.5 Å². The highest BCUT2D eigenvalue weighted by atomic mass is 19.1. The van der Waals surface area contributed by atoms with Gasteiger partial charge in [0.05, 0.1) is 6.04 Å². The molecular weight excluding hydrogens is 255 g/mol. The SMILES string of the molecule is Cc1ccc(CNC(CC(C)C)C(=O)N(C)C)cc1F. The minimum Gasteiger partial charge on any atom is -0.347 e. The predicted molar refractivity (Wildman–Crippen MR) is 79.9 cm³/mol. The quantitative estimate of drug-likeness (QED) is 0.869. The second-order valence-electron chi connectivity index (χ2n) is 5.88. The van der Waals surface area contributed by atoms with Gasteiger partial charge in [0, 0.05) is 20.6 Å². The van der Waals surface area contributed by atoms with E-state index in [0.29, 0.717) is 18.0 Å². The highest BCUT2D eigenvalue weighted by Crippen LogP contribution is 2.11. The van der Waals surface area contributed by atoms with Crippen molar-refractivity contribution in [2.75, 3.05) is 14.1 Å². The first-order chi connectivity index (χ1) is 9.31. The fourth-order valence-electron chi connectivity index (χ4n) is 2.04. The average molecular weight is 280 g/mol. The molecule has 112 valence electrons. The lowest BCUT2D eigenvalue weighted by atomic mass is 10.0. The summed E-state index contributed by atoms with van der Waals surface area (Å²) >= 11 is 0. The lowest BCUT2D eigenvalue weighted by Gasteiger charge is -2.23. The van der Waals surface area contributed by atoms with E-state index >= 15 is 0 Å². The number of benzene rings is 1. The van der Waals surface area contributed by atoms with E-state index in [4.69, 9.17) is 0 Å². The van der Waals surface area contributed by atoms with Crippen LogP contribution in [0.5, 0.6) is 0 Å². The van der Waals surface area contributed by atoms with Crippen LogP contribution in [0.3, 0.4) is 0 Å². The zero-order chi connectivity index (χ0) is 15.3. The first-order valence-corrected chi connectivity index (χ1v) is 7.00. The third-order valence-corrected chi connectivity index (χ3v) is 3.23. The Morgan fingerprint density at radius 2 is 2.00 bits per heavy atom. The van der Waals surface area contributed by atoms with Crippen molar-refractivity contribution in [2.45, 2.75) is 39.8 Å². The van der Waals surface area contributed by atoms with Gasteiger partial charge in [0.1, 0.15) is 5.82 Å². The van der Waals surface area contributed by atoms with Gasteiger partial charge in [0.25, 0.3) is 0 Å². The molecule has 1 N–H and O–H groups in total. The van der Waals surface area contributed by atoms with E-state index in [-0.39, 0.29) is 17.8 Å². The molecule has 1 amide bonds. The molecule has 0 fully saturated rings. The summed E-state index contributed by atoms with van der Waals surface area (Å²) in [5.41, 5.74) is 1.49. The Hall–Kier alpha value is -1.42. The lowest BCUT2D eigenvalue weighted by Crippen LogP contribution is -2.44. The Morgan fingerprint density at radius 1 is 1.35 bits per heavy atom. The number of halogens is 1. The molecule has 0 heterocycles. The molecule has 1 unspecified atom stereocenters. The molecule has 0 aliphatic heterocycles. The van der Waals surface area contributed by atoms with Gasteiger partial charge in [-0.15, -0.1) is 0 Å². The fourth-order valence-corrected chi connectivity index (χ4v) is 2.04. The molecule has 4 heteroatoms. The molecule has 1 aromatic carbocycles. The second-order valence-corrected chi connectivity index (χ2v) is 5.88. The molecule has 20 heavy (non-hydrogen) atoms. The number of nitrogens with zero attached hydrogens (tertiary/aromatic N) is 1. The summed E-state index contributed by atoms with van der Waals surface area (Å²) in [6.07, 6.45) is 0.769. The van der Waals surface area contributed by atoms with Gasteiger partial charge in [-0.2, -0.15) is 0 Å². The summed E-state index contributed by atoms with van der Waals surface area (Å²) in [6.45, 7) is 6.41. The average Bonchev–Trinajstić information content (AvgIpc) is 2.37. The summed E-state index contributed by atoms with van der Waals surface area (Å²) in [6, 6.07) is 4.94. The zero-order valence-corrected chi connectivity index (χ0v) is 13.0. The summed E-state index contributed by atoms with van der Waals surface area (Å²) in [4.78, 5) is 13.7. The summed E-state index contributed by atoms with van der Waals surface area (Å²) in [5, 5.41) is 3.24. The number of rotatable bonds is 6. The number of amides is 1. The standard InChI is InChI=1S/C16H25FN2O/c1-11(2)8-15(16(20)19(4)5)18-10-13-7-6-12(3)14(17)9-13/h6-7,9,11,15,18H,8,10H2,1-5H3. The van der Waals surface area contributed by atoms with E-state index in [1.165, 1.54) is 6.07 Å². The van der Waals surface area contributed by atoms with Gasteiger partial charge in [0.15, 0.2) is 0 Å². The van der Waals surface area contributed by atoms with Crippen LogP contribution >= 0.6 is 0 Å². The molecule has 0 radical (unpaired) electrons. The number of carbonyl (C=O) groups is 1. The molecule has 0 spiro atoms. The Labute approximate surface area is 121 Å². The van der Waals surface area contributed by atoms with Gasteiger partial charge >= 0.3 is 0 Å². The van der Waals surface area contributed by atoms with Crippen LogP contribution in [0.1, 0.15) is 31.4 Å². The monoisotopic (exact) mass is 280 g/mol. The van der Waals surface area contributed by atoms with Gasteiger partial charge in [-0.1, -0.05) is 26.0 Å². The maximum Gasteiger partial charge on any atom is 0.239 e. The first kappa shape index (κ1) is 16.6. The Balaban J connectivity index is 2.70. The van der Waals surface area contributed by atoms with Gasteiger partial charge < -0.3 is 10.2 Å². The highest BCUT2D eigenvalue weighted by Gasteiger charge is 2.20. The third-order valence-electron chi connectivity index (χ3n) is 3.23. The molecule has 0 aliphatic rings. The number of aryl methyl sites for hydroxylation is 1. The van der Waals surface area contributed by atoms with Gasteiger partial charge in [0.2, 0.25) is 5.91 Å². The minimum atomic E-state index is -0.227. The highest BCUT2D eigenvalue weighted by molar-refractivity contribution is 5.81. The molecule has 1 atom stereocenters. The number of hydrogen-bond donors (Lipinski definition) is 1. The van der Waals surface area contributed by atoms with Crippen molar-refractivity contribution in [1.82, 2.24) is 10.2 Å². The molecule has 0 bridgehead atoms. The van der Waals surface area contributed by atoms with Crippen LogP contribution < -0.4 is 5.32 Å². The summed E-state index contributed by atoms with van der Waals surface area (Å²) < 4.78 is 13.5. The molecular formula is C16H25FN2O. The zero-order valence-electron chi connectivity index (χ0n) is 13.0. The largest absolute Gasteiger partial charge is 0.347 e. The van der Waals surface area contributed by atoms with Crippen molar-refractivity contribution >= 4 is 5.91 Å². The number of carbonyl (C=O) groups excluding carboxylic acids is 1. The molecule has 3 nitrogen and oxygen atoms in total. The van der Waals surface area contributed by atoms with E-state index in [2.05, 4.69) is 19.2 Å². The molecule has 0 aromatic heterocycles. The number of nitrogens with one attached hydrogen (secondary N) is 1.